The van der Waals surface area contributed by atoms with E-state index in [1.165, 1.54) is 11.3 Å². The zero-order valence-electron chi connectivity index (χ0n) is 13.5. The van der Waals surface area contributed by atoms with Crippen LogP contribution in [0, 0.1) is 21.8 Å². The van der Waals surface area contributed by atoms with Crippen LogP contribution in [0.1, 0.15) is 20.8 Å². The maximum Gasteiger partial charge on any atom is 0.285 e. The number of ether oxygens (including phenoxy) is 1. The lowest BCUT2D eigenvalue weighted by Gasteiger charge is -2.27. The summed E-state index contributed by atoms with van der Waals surface area (Å²) < 4.78 is 6.33. The minimum absolute atomic E-state index is 0.335. The first-order valence-electron chi connectivity index (χ1n) is 7.67. The summed E-state index contributed by atoms with van der Waals surface area (Å²) in [4.78, 5) is 14.6. The number of carbonyl (C=O) groups excluding carboxylic acids is 1. The molecule has 25 heavy (non-hydrogen) atoms. The SMILES string of the molecule is Cc1ccc(-c2c(C(=O)NO)sc(N3CCOCC3)c2C#N)c(I)c1. The molecule has 0 saturated carbocycles. The molecule has 1 aromatic heterocycles. The van der Waals surface area contributed by atoms with Crippen LogP contribution in [-0.4, -0.2) is 37.4 Å². The first kappa shape index (κ1) is 18.1. The van der Waals surface area contributed by atoms with E-state index >= 15 is 0 Å². The fourth-order valence-corrected chi connectivity index (χ4v) is 4.95. The largest absolute Gasteiger partial charge is 0.378 e. The average molecular weight is 469 g/mol. The summed E-state index contributed by atoms with van der Waals surface area (Å²) in [6, 6.07) is 8.13. The Morgan fingerprint density at radius 2 is 2.16 bits per heavy atom. The molecule has 1 fully saturated rings. The molecule has 1 saturated heterocycles. The predicted molar refractivity (Wildman–Crippen MR) is 104 cm³/mol. The van der Waals surface area contributed by atoms with Gasteiger partial charge in [-0.15, -0.1) is 11.3 Å². The molecule has 0 aliphatic carbocycles. The van der Waals surface area contributed by atoms with Crippen LogP contribution in [0.3, 0.4) is 0 Å². The monoisotopic (exact) mass is 469 g/mol. The lowest BCUT2D eigenvalue weighted by Crippen LogP contribution is -2.36. The molecule has 6 nitrogen and oxygen atoms in total. The summed E-state index contributed by atoms with van der Waals surface area (Å²) in [5.41, 5.74) is 4.66. The molecule has 2 N–H and O–H groups in total. The molecule has 0 radical (unpaired) electrons. The Hall–Kier alpha value is -1.67. The first-order valence-corrected chi connectivity index (χ1v) is 9.57. The summed E-state index contributed by atoms with van der Waals surface area (Å²) in [5.74, 6) is -0.604. The van der Waals surface area contributed by atoms with E-state index in [0.29, 0.717) is 42.3 Å². The third kappa shape index (κ3) is 3.50. The highest BCUT2D eigenvalue weighted by Crippen LogP contribution is 2.43. The highest BCUT2D eigenvalue weighted by atomic mass is 127. The Morgan fingerprint density at radius 1 is 1.44 bits per heavy atom. The second kappa shape index (κ2) is 7.70. The average Bonchev–Trinajstić information content (AvgIpc) is 3.01. The number of benzene rings is 1. The summed E-state index contributed by atoms with van der Waals surface area (Å²) in [6.07, 6.45) is 0. The fourth-order valence-electron chi connectivity index (χ4n) is 2.80. The van der Waals surface area contributed by atoms with E-state index in [1.54, 1.807) is 5.48 Å². The smallest absolute Gasteiger partial charge is 0.285 e. The highest BCUT2D eigenvalue weighted by molar-refractivity contribution is 14.1. The zero-order chi connectivity index (χ0) is 18.0. The van der Waals surface area contributed by atoms with Gasteiger partial charge in [-0.3, -0.25) is 10.0 Å². The number of hydroxylamine groups is 1. The van der Waals surface area contributed by atoms with Crippen LogP contribution >= 0.6 is 33.9 Å². The van der Waals surface area contributed by atoms with Crippen molar-refractivity contribution in [2.45, 2.75) is 6.92 Å². The van der Waals surface area contributed by atoms with Crippen LogP contribution in [-0.2, 0) is 4.74 Å². The Morgan fingerprint density at radius 3 is 2.76 bits per heavy atom. The number of nitriles is 1. The molecule has 0 atom stereocenters. The van der Waals surface area contributed by atoms with E-state index in [-0.39, 0.29) is 0 Å². The van der Waals surface area contributed by atoms with Gasteiger partial charge in [-0.2, -0.15) is 5.26 Å². The topological polar surface area (TPSA) is 85.6 Å². The molecule has 3 rings (SSSR count). The summed E-state index contributed by atoms with van der Waals surface area (Å²) in [5, 5.41) is 19.7. The molecule has 2 aromatic rings. The van der Waals surface area contributed by atoms with E-state index < -0.39 is 5.91 Å². The van der Waals surface area contributed by atoms with Crippen molar-refractivity contribution in [2.75, 3.05) is 31.2 Å². The maximum atomic E-state index is 12.2. The van der Waals surface area contributed by atoms with Gasteiger partial charge in [0.05, 0.1) is 18.8 Å². The number of amides is 1. The van der Waals surface area contributed by atoms with E-state index in [1.807, 2.05) is 25.1 Å². The molecule has 2 heterocycles. The van der Waals surface area contributed by atoms with Crippen LogP contribution in [0.25, 0.3) is 11.1 Å². The number of thiophene rings is 1. The normalized spacial score (nSPS) is 14.2. The molecular weight excluding hydrogens is 453 g/mol. The Labute approximate surface area is 163 Å². The number of aryl methyl sites for hydroxylation is 1. The van der Waals surface area contributed by atoms with Crippen LogP contribution in [0.15, 0.2) is 18.2 Å². The van der Waals surface area contributed by atoms with Crippen molar-refractivity contribution in [1.29, 1.82) is 5.26 Å². The minimum Gasteiger partial charge on any atom is -0.378 e. The van der Waals surface area contributed by atoms with E-state index in [9.17, 15) is 10.1 Å². The number of halogens is 1. The van der Waals surface area contributed by atoms with Gasteiger partial charge in [-0.25, -0.2) is 5.48 Å². The molecule has 1 aromatic carbocycles. The van der Waals surface area contributed by atoms with Gasteiger partial charge in [0, 0.05) is 22.2 Å². The second-order valence-corrected chi connectivity index (χ2v) is 7.78. The van der Waals surface area contributed by atoms with Gasteiger partial charge in [0.15, 0.2) is 0 Å². The molecule has 1 aliphatic heterocycles. The van der Waals surface area contributed by atoms with E-state index in [4.69, 9.17) is 9.94 Å². The number of nitrogens with zero attached hydrogens (tertiary/aromatic N) is 2. The minimum atomic E-state index is -0.604. The van der Waals surface area contributed by atoms with E-state index in [2.05, 4.69) is 33.6 Å². The molecule has 1 amide bonds. The second-order valence-electron chi connectivity index (χ2n) is 5.62. The molecular formula is C17H16IN3O3S. The van der Waals surface area contributed by atoms with Crippen molar-refractivity contribution in [3.05, 3.63) is 37.8 Å². The van der Waals surface area contributed by atoms with Gasteiger partial charge in [0.25, 0.3) is 5.91 Å². The molecule has 0 unspecified atom stereocenters. The van der Waals surface area contributed by atoms with Crippen LogP contribution in [0.2, 0.25) is 0 Å². The summed E-state index contributed by atoms with van der Waals surface area (Å²) in [7, 11) is 0. The highest BCUT2D eigenvalue weighted by Gasteiger charge is 2.28. The van der Waals surface area contributed by atoms with Crippen LogP contribution in [0.4, 0.5) is 5.00 Å². The zero-order valence-corrected chi connectivity index (χ0v) is 16.5. The predicted octanol–water partition coefficient (Wildman–Crippen LogP) is 3.16. The standard InChI is InChI=1S/C17H16IN3O3S/c1-10-2-3-11(13(18)8-10)14-12(9-19)17(21-4-6-24-7-5-21)25-15(14)16(22)20-23/h2-3,8,23H,4-7H2,1H3,(H,20,22). The van der Waals surface area contributed by atoms with Crippen molar-refractivity contribution in [3.8, 4) is 17.2 Å². The van der Waals surface area contributed by atoms with Crippen molar-refractivity contribution in [1.82, 2.24) is 5.48 Å². The third-order valence-corrected chi connectivity index (χ3v) is 6.14. The molecule has 0 bridgehead atoms. The lowest BCUT2D eigenvalue weighted by atomic mass is 10.00. The van der Waals surface area contributed by atoms with Gasteiger partial charge >= 0.3 is 0 Å². The number of nitrogens with one attached hydrogen (secondary N) is 1. The number of hydrogen-bond donors (Lipinski definition) is 2. The number of anilines is 1. The molecule has 8 heteroatoms. The Bertz CT molecular complexity index is 854. The van der Waals surface area contributed by atoms with Crippen molar-refractivity contribution in [2.24, 2.45) is 0 Å². The molecule has 130 valence electrons. The fraction of sp³-hybridized carbons (Fsp3) is 0.294. The van der Waals surface area contributed by atoms with Crippen molar-refractivity contribution in [3.63, 3.8) is 0 Å². The first-order chi connectivity index (χ1) is 12.1. The van der Waals surface area contributed by atoms with Crippen molar-refractivity contribution < 1.29 is 14.7 Å². The van der Waals surface area contributed by atoms with Crippen LogP contribution in [0.5, 0.6) is 0 Å². The van der Waals surface area contributed by atoms with Crippen LogP contribution < -0.4 is 10.4 Å². The summed E-state index contributed by atoms with van der Waals surface area (Å²) in [6.45, 7) is 4.49. The van der Waals surface area contributed by atoms with Crippen molar-refractivity contribution >= 4 is 44.8 Å². The van der Waals surface area contributed by atoms with Gasteiger partial charge in [-0.05, 0) is 41.1 Å². The van der Waals surface area contributed by atoms with Gasteiger partial charge in [0.1, 0.15) is 15.9 Å². The van der Waals surface area contributed by atoms with Gasteiger partial charge in [0.2, 0.25) is 0 Å². The number of hydrogen-bond acceptors (Lipinski definition) is 6. The van der Waals surface area contributed by atoms with E-state index in [0.717, 1.165) is 19.7 Å². The lowest BCUT2D eigenvalue weighted by molar-refractivity contribution is 0.0711. The van der Waals surface area contributed by atoms with Gasteiger partial charge < -0.3 is 9.64 Å². The quantitative estimate of drug-likeness (QED) is 0.410. The Balaban J connectivity index is 2.22. The molecule has 0 spiro atoms. The Kier molecular flexibility index (Phi) is 5.58. The third-order valence-electron chi connectivity index (χ3n) is 4.00. The molecule has 1 aliphatic rings. The number of carbonyl (C=O) groups is 1. The number of rotatable bonds is 3. The van der Waals surface area contributed by atoms with Gasteiger partial charge in [-0.1, -0.05) is 17.7 Å². The maximum absolute atomic E-state index is 12.2. The summed E-state index contributed by atoms with van der Waals surface area (Å²) >= 11 is 3.44. The number of morpholine rings is 1.